The van der Waals surface area contributed by atoms with Crippen LogP contribution < -0.4 is 5.32 Å². The van der Waals surface area contributed by atoms with Gasteiger partial charge in [0.2, 0.25) is 0 Å². The summed E-state index contributed by atoms with van der Waals surface area (Å²) in [7, 11) is 0. The predicted molar refractivity (Wildman–Crippen MR) is 68.5 cm³/mol. The van der Waals surface area contributed by atoms with Crippen molar-refractivity contribution in [3.8, 4) is 0 Å². The Morgan fingerprint density at radius 2 is 1.06 bits per heavy atom. The van der Waals surface area contributed by atoms with E-state index in [-0.39, 0.29) is 0 Å². The van der Waals surface area contributed by atoms with Crippen LogP contribution in [-0.2, 0) is 0 Å². The third-order valence-electron chi connectivity index (χ3n) is 5.35. The minimum atomic E-state index is 0.891. The summed E-state index contributed by atoms with van der Waals surface area (Å²) in [6.07, 6.45) is 16.5. The van der Waals surface area contributed by atoms with Crippen molar-refractivity contribution in [3.63, 3.8) is 0 Å². The second kappa shape index (κ2) is 5.08. The maximum absolute atomic E-state index is 4.04. The minimum absolute atomic E-state index is 0.891. The van der Waals surface area contributed by atoms with Gasteiger partial charge in [-0.3, -0.25) is 0 Å². The van der Waals surface area contributed by atoms with E-state index in [0.29, 0.717) is 0 Å². The van der Waals surface area contributed by atoms with Gasteiger partial charge in [0.25, 0.3) is 0 Å². The topological polar surface area (TPSA) is 12.0 Å². The lowest BCUT2D eigenvalue weighted by atomic mass is 9.76. The van der Waals surface area contributed by atoms with Crippen molar-refractivity contribution in [2.24, 2.45) is 11.8 Å². The van der Waals surface area contributed by atoms with E-state index in [4.69, 9.17) is 0 Å². The van der Waals surface area contributed by atoms with Crippen LogP contribution in [0.5, 0.6) is 0 Å². The molecule has 0 spiro atoms. The molecule has 4 unspecified atom stereocenters. The summed E-state index contributed by atoms with van der Waals surface area (Å²) in [5.74, 6) is 2.06. The summed E-state index contributed by atoms with van der Waals surface area (Å²) >= 11 is 0. The molecule has 0 radical (unpaired) electrons. The van der Waals surface area contributed by atoms with Crippen molar-refractivity contribution in [3.05, 3.63) is 0 Å². The number of nitrogens with one attached hydrogen (secondary N) is 1. The first kappa shape index (κ1) is 11.1. The molecular weight excluding hydrogens is 194 g/mol. The Hall–Kier alpha value is -0.0400. The first-order valence-electron chi connectivity index (χ1n) is 7.69. The average molecular weight is 221 g/mol. The van der Waals surface area contributed by atoms with Gasteiger partial charge in [0.15, 0.2) is 0 Å². The summed E-state index contributed by atoms with van der Waals surface area (Å²) in [5.41, 5.74) is 0. The van der Waals surface area contributed by atoms with E-state index >= 15 is 0 Å². The van der Waals surface area contributed by atoms with Crippen molar-refractivity contribution in [1.29, 1.82) is 0 Å². The van der Waals surface area contributed by atoms with Gasteiger partial charge >= 0.3 is 0 Å². The molecule has 3 aliphatic rings. The fraction of sp³-hybridized carbons (Fsp3) is 1.00. The summed E-state index contributed by atoms with van der Waals surface area (Å²) < 4.78 is 0. The zero-order valence-electron chi connectivity index (χ0n) is 10.6. The van der Waals surface area contributed by atoms with Crippen LogP contribution >= 0.6 is 0 Å². The summed E-state index contributed by atoms with van der Waals surface area (Å²) in [5, 5.41) is 4.04. The van der Waals surface area contributed by atoms with Crippen LogP contribution in [0.25, 0.3) is 0 Å². The van der Waals surface area contributed by atoms with E-state index in [0.717, 1.165) is 23.9 Å². The van der Waals surface area contributed by atoms with Crippen LogP contribution in [0.15, 0.2) is 0 Å². The summed E-state index contributed by atoms with van der Waals surface area (Å²) in [4.78, 5) is 0. The highest BCUT2D eigenvalue weighted by Gasteiger charge is 2.36. The Bertz CT molecular complexity index is 181. The highest BCUT2D eigenvalue weighted by atomic mass is 15.0. The van der Waals surface area contributed by atoms with E-state index < -0.39 is 0 Å². The first-order chi connectivity index (χ1) is 7.93. The first-order valence-corrected chi connectivity index (χ1v) is 7.69. The summed E-state index contributed by atoms with van der Waals surface area (Å²) in [6, 6.07) is 1.78. The second-order valence-corrected chi connectivity index (χ2v) is 6.41. The van der Waals surface area contributed by atoms with Gasteiger partial charge in [-0.15, -0.1) is 0 Å². The standard InChI is InChI=1S/C15H27N/c1-3-7-12-11-13-8-4-2-6-10-15(13)16-14(12)9-5-1/h12-16H,1-11H2. The van der Waals surface area contributed by atoms with Crippen molar-refractivity contribution in [1.82, 2.24) is 5.32 Å². The lowest BCUT2D eigenvalue weighted by Crippen LogP contribution is -2.51. The molecule has 0 aromatic carbocycles. The molecule has 2 saturated carbocycles. The molecule has 16 heavy (non-hydrogen) atoms. The summed E-state index contributed by atoms with van der Waals surface area (Å²) in [6.45, 7) is 0. The van der Waals surface area contributed by atoms with Crippen LogP contribution in [0.3, 0.4) is 0 Å². The van der Waals surface area contributed by atoms with E-state index in [1.165, 1.54) is 64.2 Å². The Balaban J connectivity index is 1.68. The Labute approximate surface area is 100 Å². The van der Waals surface area contributed by atoms with Crippen LogP contribution in [0.4, 0.5) is 0 Å². The maximum atomic E-state index is 4.04. The molecule has 3 fully saturated rings. The molecule has 1 heterocycles. The molecule has 92 valence electrons. The number of hydrogen-bond acceptors (Lipinski definition) is 1. The molecule has 1 nitrogen and oxygen atoms in total. The SMILES string of the molecule is C1CCC2CC3CCCCCC3NC2CC1. The predicted octanol–water partition coefficient (Wildman–Crippen LogP) is 3.88. The largest absolute Gasteiger partial charge is 0.311 e. The van der Waals surface area contributed by atoms with Crippen molar-refractivity contribution in [2.75, 3.05) is 0 Å². The number of piperidine rings is 1. The van der Waals surface area contributed by atoms with Crippen molar-refractivity contribution < 1.29 is 0 Å². The van der Waals surface area contributed by atoms with E-state index in [2.05, 4.69) is 5.32 Å². The number of rotatable bonds is 0. The normalized spacial score (nSPS) is 45.0. The van der Waals surface area contributed by atoms with E-state index in [1.54, 1.807) is 6.42 Å². The molecule has 2 aliphatic carbocycles. The smallest absolute Gasteiger partial charge is 0.00981 e. The van der Waals surface area contributed by atoms with Gasteiger partial charge in [-0.25, -0.2) is 0 Å². The van der Waals surface area contributed by atoms with Gasteiger partial charge in [0, 0.05) is 12.1 Å². The highest BCUT2D eigenvalue weighted by molar-refractivity contribution is 4.93. The molecule has 4 atom stereocenters. The molecule has 3 rings (SSSR count). The van der Waals surface area contributed by atoms with Crippen molar-refractivity contribution in [2.45, 2.75) is 82.7 Å². The lowest BCUT2D eigenvalue weighted by Gasteiger charge is -2.42. The zero-order valence-corrected chi connectivity index (χ0v) is 10.6. The third kappa shape index (κ3) is 2.30. The molecule has 0 amide bonds. The molecular formula is C15H27N. The molecule has 1 saturated heterocycles. The van der Waals surface area contributed by atoms with Gasteiger partial charge < -0.3 is 5.32 Å². The Morgan fingerprint density at radius 1 is 0.562 bits per heavy atom. The molecule has 1 aliphatic heterocycles. The van der Waals surface area contributed by atoms with Gasteiger partial charge in [-0.05, 0) is 43.9 Å². The van der Waals surface area contributed by atoms with Crippen LogP contribution in [0.1, 0.15) is 70.6 Å². The average Bonchev–Trinajstić information content (AvgIpc) is 2.64. The minimum Gasteiger partial charge on any atom is -0.311 e. The fourth-order valence-corrected chi connectivity index (χ4v) is 4.44. The highest BCUT2D eigenvalue weighted by Crippen LogP contribution is 2.38. The maximum Gasteiger partial charge on any atom is 0.00981 e. The Kier molecular flexibility index (Phi) is 3.51. The molecule has 1 N–H and O–H groups in total. The van der Waals surface area contributed by atoms with E-state index in [1.807, 2.05) is 0 Å². The molecule has 0 bridgehead atoms. The Morgan fingerprint density at radius 3 is 1.62 bits per heavy atom. The monoisotopic (exact) mass is 221 g/mol. The van der Waals surface area contributed by atoms with Crippen LogP contribution in [-0.4, -0.2) is 12.1 Å². The van der Waals surface area contributed by atoms with Gasteiger partial charge in [0.1, 0.15) is 0 Å². The van der Waals surface area contributed by atoms with E-state index in [9.17, 15) is 0 Å². The quantitative estimate of drug-likeness (QED) is 0.654. The molecule has 0 aromatic heterocycles. The van der Waals surface area contributed by atoms with Gasteiger partial charge in [-0.2, -0.15) is 0 Å². The lowest BCUT2D eigenvalue weighted by molar-refractivity contribution is 0.146. The number of fused-ring (bicyclic) bond motifs is 2. The molecule has 1 heteroatoms. The second-order valence-electron chi connectivity index (χ2n) is 6.41. The zero-order chi connectivity index (χ0) is 10.8. The van der Waals surface area contributed by atoms with Gasteiger partial charge in [-0.1, -0.05) is 38.5 Å². The fourth-order valence-electron chi connectivity index (χ4n) is 4.44. The van der Waals surface area contributed by atoms with Gasteiger partial charge in [0.05, 0.1) is 0 Å². The van der Waals surface area contributed by atoms with Crippen LogP contribution in [0, 0.1) is 11.8 Å². The van der Waals surface area contributed by atoms with Crippen molar-refractivity contribution >= 4 is 0 Å². The molecule has 0 aromatic rings. The van der Waals surface area contributed by atoms with Crippen LogP contribution in [0.2, 0.25) is 0 Å². The third-order valence-corrected chi connectivity index (χ3v) is 5.35. The number of hydrogen-bond donors (Lipinski definition) is 1.